The quantitative estimate of drug-likeness (QED) is 0.348. The molecule has 0 saturated carbocycles. The van der Waals surface area contributed by atoms with E-state index in [0.29, 0.717) is 12.5 Å². The molecule has 27 heavy (non-hydrogen) atoms. The van der Waals surface area contributed by atoms with Crippen LogP contribution in [0.1, 0.15) is 24.4 Å². The molecule has 3 N–H and O–H groups in total. The molecule has 146 valence electrons. The Kier molecular flexibility index (Phi) is 8.66. The van der Waals surface area contributed by atoms with Crippen molar-refractivity contribution >= 4 is 47.2 Å². The Morgan fingerprint density at radius 3 is 2.56 bits per heavy atom. The van der Waals surface area contributed by atoms with Gasteiger partial charge in [-0.15, -0.1) is 24.0 Å². The summed E-state index contributed by atoms with van der Waals surface area (Å²) in [6.07, 6.45) is 2.45. The summed E-state index contributed by atoms with van der Waals surface area (Å²) in [7, 11) is 1.65. The van der Waals surface area contributed by atoms with E-state index in [1.54, 1.807) is 7.11 Å². The highest BCUT2D eigenvalue weighted by Crippen LogP contribution is 2.27. The van der Waals surface area contributed by atoms with Gasteiger partial charge in [0.1, 0.15) is 5.75 Å². The first-order valence-electron chi connectivity index (χ1n) is 8.86. The van der Waals surface area contributed by atoms with E-state index in [4.69, 9.17) is 22.1 Å². The summed E-state index contributed by atoms with van der Waals surface area (Å²) in [6, 6.07) is 15.8. The minimum absolute atomic E-state index is 0. The summed E-state index contributed by atoms with van der Waals surface area (Å²) in [5.74, 6) is 1.21. The van der Waals surface area contributed by atoms with Crippen molar-refractivity contribution in [3.8, 4) is 5.75 Å². The van der Waals surface area contributed by atoms with Crippen LogP contribution in [0, 0.1) is 0 Å². The van der Waals surface area contributed by atoms with Gasteiger partial charge in [-0.3, -0.25) is 9.89 Å². The fraction of sp³-hybridized carbons (Fsp3) is 0.350. The third-order valence-electron chi connectivity index (χ3n) is 4.61. The van der Waals surface area contributed by atoms with Gasteiger partial charge in [0.2, 0.25) is 0 Å². The first-order chi connectivity index (χ1) is 12.7. The van der Waals surface area contributed by atoms with Gasteiger partial charge in [-0.25, -0.2) is 0 Å². The molecule has 7 heteroatoms. The Hall–Kier alpha value is -1.51. The molecule has 1 aliphatic heterocycles. The first-order valence-corrected chi connectivity index (χ1v) is 9.24. The molecular weight excluding hydrogens is 475 g/mol. The Bertz CT molecular complexity index is 748. The molecule has 0 aromatic heterocycles. The van der Waals surface area contributed by atoms with Crippen LogP contribution in [0.3, 0.4) is 0 Å². The minimum Gasteiger partial charge on any atom is -0.497 e. The average molecular weight is 501 g/mol. The van der Waals surface area contributed by atoms with E-state index in [1.165, 1.54) is 18.4 Å². The van der Waals surface area contributed by atoms with Gasteiger partial charge in [-0.05, 0) is 67.9 Å². The lowest BCUT2D eigenvalue weighted by Gasteiger charge is -2.27. The van der Waals surface area contributed by atoms with Crippen LogP contribution in [-0.4, -0.2) is 37.6 Å². The second kappa shape index (κ2) is 10.7. The van der Waals surface area contributed by atoms with E-state index in [0.717, 1.165) is 29.5 Å². The number of hydrogen-bond acceptors (Lipinski definition) is 3. The van der Waals surface area contributed by atoms with E-state index >= 15 is 0 Å². The predicted molar refractivity (Wildman–Crippen MR) is 124 cm³/mol. The van der Waals surface area contributed by atoms with Crippen LogP contribution >= 0.6 is 35.6 Å². The number of ether oxygens (including phenoxy) is 1. The summed E-state index contributed by atoms with van der Waals surface area (Å²) >= 11 is 6.19. The fourth-order valence-electron chi connectivity index (χ4n) is 3.25. The van der Waals surface area contributed by atoms with Gasteiger partial charge in [0, 0.05) is 10.7 Å². The summed E-state index contributed by atoms with van der Waals surface area (Å²) in [6.45, 7) is 2.76. The first kappa shape index (κ1) is 21.8. The largest absolute Gasteiger partial charge is 0.497 e. The number of nitrogens with zero attached hydrogens (tertiary/aromatic N) is 2. The SMILES string of the molecule is COc1ccc(NC(N)=NCC(c2cccc(Cl)c2)N2CCCC2)cc1.I. The van der Waals surface area contributed by atoms with Crippen molar-refractivity contribution in [2.75, 3.05) is 32.1 Å². The maximum Gasteiger partial charge on any atom is 0.193 e. The molecule has 5 nitrogen and oxygen atoms in total. The standard InChI is InChI=1S/C20H25ClN4O.HI/c1-26-18-9-7-17(8-10-18)24-20(22)23-14-19(25-11-2-3-12-25)15-5-4-6-16(21)13-15;/h4-10,13,19H,2-3,11-12,14H2,1H3,(H3,22,23,24);1H. The molecule has 1 fully saturated rings. The van der Waals surface area contributed by atoms with Crippen molar-refractivity contribution in [3.05, 3.63) is 59.1 Å². The molecule has 0 bridgehead atoms. The van der Waals surface area contributed by atoms with E-state index < -0.39 is 0 Å². The average Bonchev–Trinajstić information content (AvgIpc) is 3.17. The molecule has 1 unspecified atom stereocenters. The summed E-state index contributed by atoms with van der Waals surface area (Å²) in [5.41, 5.74) is 8.16. The number of aliphatic imine (C=N–C) groups is 1. The molecule has 1 atom stereocenters. The third kappa shape index (κ3) is 6.26. The van der Waals surface area contributed by atoms with Gasteiger partial charge >= 0.3 is 0 Å². The number of guanidine groups is 1. The second-order valence-corrected chi connectivity index (χ2v) is 6.83. The van der Waals surface area contributed by atoms with Crippen LogP contribution < -0.4 is 15.8 Å². The Morgan fingerprint density at radius 1 is 1.22 bits per heavy atom. The lowest BCUT2D eigenvalue weighted by molar-refractivity contribution is 0.252. The van der Waals surface area contributed by atoms with Gasteiger partial charge in [0.25, 0.3) is 0 Å². The number of likely N-dealkylation sites (tertiary alicyclic amines) is 1. The van der Waals surface area contributed by atoms with E-state index in [-0.39, 0.29) is 30.0 Å². The van der Waals surface area contributed by atoms with Crippen LogP contribution in [0.4, 0.5) is 5.69 Å². The number of rotatable bonds is 6. The van der Waals surface area contributed by atoms with Crippen LogP contribution in [0.2, 0.25) is 5.02 Å². The molecule has 3 rings (SSSR count). The van der Waals surface area contributed by atoms with Crippen molar-refractivity contribution in [1.29, 1.82) is 0 Å². The lowest BCUT2D eigenvalue weighted by atomic mass is 10.1. The van der Waals surface area contributed by atoms with Crippen molar-refractivity contribution in [3.63, 3.8) is 0 Å². The summed E-state index contributed by atoms with van der Waals surface area (Å²) in [5, 5.41) is 3.88. The number of anilines is 1. The van der Waals surface area contributed by atoms with Gasteiger partial charge in [0.15, 0.2) is 5.96 Å². The molecule has 2 aromatic carbocycles. The molecule has 0 amide bonds. The van der Waals surface area contributed by atoms with Crippen LogP contribution in [-0.2, 0) is 0 Å². The number of methoxy groups -OCH3 is 1. The molecule has 2 aromatic rings. The highest BCUT2D eigenvalue weighted by Gasteiger charge is 2.23. The lowest BCUT2D eigenvalue weighted by Crippen LogP contribution is -2.30. The van der Waals surface area contributed by atoms with Crippen molar-refractivity contribution < 1.29 is 4.74 Å². The number of hydrogen-bond donors (Lipinski definition) is 2. The van der Waals surface area contributed by atoms with Crippen molar-refractivity contribution in [2.24, 2.45) is 10.7 Å². The predicted octanol–water partition coefficient (Wildman–Crippen LogP) is 4.53. The molecule has 0 spiro atoms. The number of nitrogens with one attached hydrogen (secondary N) is 1. The van der Waals surface area contributed by atoms with Crippen molar-refractivity contribution in [1.82, 2.24) is 4.90 Å². The normalized spacial score (nSPS) is 15.9. The maximum atomic E-state index is 6.19. The number of halogens is 2. The number of nitrogens with two attached hydrogens (primary N) is 1. The van der Waals surface area contributed by atoms with Gasteiger partial charge in [-0.1, -0.05) is 23.7 Å². The van der Waals surface area contributed by atoms with Gasteiger partial charge in [0.05, 0.1) is 19.7 Å². The van der Waals surface area contributed by atoms with E-state index in [2.05, 4.69) is 21.3 Å². The molecule has 1 heterocycles. The highest BCUT2D eigenvalue weighted by molar-refractivity contribution is 14.0. The molecule has 1 aliphatic rings. The van der Waals surface area contributed by atoms with Gasteiger partial charge in [-0.2, -0.15) is 0 Å². The molecule has 1 saturated heterocycles. The zero-order valence-corrected chi connectivity index (χ0v) is 18.5. The second-order valence-electron chi connectivity index (χ2n) is 6.39. The van der Waals surface area contributed by atoms with Crippen LogP contribution in [0.25, 0.3) is 0 Å². The molecule has 0 radical (unpaired) electrons. The number of benzene rings is 2. The fourth-order valence-corrected chi connectivity index (χ4v) is 3.44. The summed E-state index contributed by atoms with van der Waals surface area (Å²) in [4.78, 5) is 7.03. The smallest absolute Gasteiger partial charge is 0.193 e. The van der Waals surface area contributed by atoms with E-state index in [9.17, 15) is 0 Å². The third-order valence-corrected chi connectivity index (χ3v) is 4.85. The minimum atomic E-state index is 0. The summed E-state index contributed by atoms with van der Waals surface area (Å²) < 4.78 is 5.16. The van der Waals surface area contributed by atoms with E-state index in [1.807, 2.05) is 42.5 Å². The zero-order chi connectivity index (χ0) is 18.4. The van der Waals surface area contributed by atoms with Crippen LogP contribution in [0.5, 0.6) is 5.75 Å². The van der Waals surface area contributed by atoms with Crippen molar-refractivity contribution in [2.45, 2.75) is 18.9 Å². The zero-order valence-electron chi connectivity index (χ0n) is 15.4. The Balaban J connectivity index is 0.00000261. The van der Waals surface area contributed by atoms with Crippen LogP contribution in [0.15, 0.2) is 53.5 Å². The van der Waals surface area contributed by atoms with Gasteiger partial charge < -0.3 is 15.8 Å². The Labute approximate surface area is 183 Å². The monoisotopic (exact) mass is 500 g/mol. The molecule has 0 aliphatic carbocycles. The maximum absolute atomic E-state index is 6.19. The topological polar surface area (TPSA) is 62.9 Å². The molecular formula is C20H26ClIN4O. The highest BCUT2D eigenvalue weighted by atomic mass is 127. The Morgan fingerprint density at radius 2 is 1.93 bits per heavy atom.